The van der Waals surface area contributed by atoms with Crippen molar-refractivity contribution >= 4 is 15.7 Å². The second-order valence-corrected chi connectivity index (χ2v) is 6.76. The molecule has 1 rings (SSSR count). The summed E-state index contributed by atoms with van der Waals surface area (Å²) in [6, 6.07) is 0. The molecule has 0 aliphatic carbocycles. The van der Waals surface area contributed by atoms with Gasteiger partial charge in [0, 0.05) is 20.2 Å². The molecule has 0 aromatic carbocycles. The molecular weight excluding hydrogens is 256 g/mol. The lowest BCUT2D eigenvalue weighted by Gasteiger charge is -2.17. The number of sulfone groups is 1. The molecule has 1 heterocycles. The normalized spacial score (nSPS) is 20.0. The highest BCUT2D eigenvalue weighted by Gasteiger charge is 2.26. The third kappa shape index (κ3) is 5.32. The number of nitrogens with two attached hydrogens (primary N) is 1. The van der Waals surface area contributed by atoms with Gasteiger partial charge in [0.1, 0.15) is 5.75 Å². The Hall–Kier alpha value is -0.660. The first-order chi connectivity index (χ1) is 8.44. The SMILES string of the molecule is CN(CCCN)C(=O)CS(=O)(=O)CC1CCCO1. The van der Waals surface area contributed by atoms with Crippen LogP contribution < -0.4 is 5.73 Å². The maximum atomic E-state index is 11.8. The van der Waals surface area contributed by atoms with E-state index in [2.05, 4.69) is 0 Å². The van der Waals surface area contributed by atoms with E-state index in [-0.39, 0.29) is 17.8 Å². The summed E-state index contributed by atoms with van der Waals surface area (Å²) in [4.78, 5) is 13.1. The molecule has 0 bridgehead atoms. The van der Waals surface area contributed by atoms with Crippen LogP contribution in [0, 0.1) is 0 Å². The van der Waals surface area contributed by atoms with Crippen LogP contribution in [0.2, 0.25) is 0 Å². The molecule has 1 saturated heterocycles. The van der Waals surface area contributed by atoms with Gasteiger partial charge in [-0.2, -0.15) is 0 Å². The van der Waals surface area contributed by atoms with Crippen LogP contribution in [0.3, 0.4) is 0 Å². The number of hydrogen-bond acceptors (Lipinski definition) is 5. The molecule has 7 heteroatoms. The van der Waals surface area contributed by atoms with E-state index in [0.29, 0.717) is 26.1 Å². The molecule has 0 aromatic heterocycles. The summed E-state index contributed by atoms with van der Waals surface area (Å²) in [6.45, 7) is 1.59. The molecule has 2 N–H and O–H groups in total. The smallest absolute Gasteiger partial charge is 0.237 e. The zero-order valence-corrected chi connectivity index (χ0v) is 11.6. The summed E-state index contributed by atoms with van der Waals surface area (Å²) in [5, 5.41) is 0. The van der Waals surface area contributed by atoms with Crippen LogP contribution in [0.15, 0.2) is 0 Å². The zero-order chi connectivity index (χ0) is 13.6. The molecule has 1 fully saturated rings. The number of carbonyl (C=O) groups is 1. The van der Waals surface area contributed by atoms with Crippen molar-refractivity contribution in [3.05, 3.63) is 0 Å². The maximum absolute atomic E-state index is 11.8. The van der Waals surface area contributed by atoms with Gasteiger partial charge in [0.25, 0.3) is 0 Å². The molecule has 0 saturated carbocycles. The van der Waals surface area contributed by atoms with Crippen LogP contribution >= 0.6 is 0 Å². The summed E-state index contributed by atoms with van der Waals surface area (Å²) < 4.78 is 28.9. The monoisotopic (exact) mass is 278 g/mol. The first-order valence-electron chi connectivity index (χ1n) is 6.20. The predicted octanol–water partition coefficient (Wildman–Crippen LogP) is -0.613. The lowest BCUT2D eigenvalue weighted by Crippen LogP contribution is -2.36. The lowest BCUT2D eigenvalue weighted by molar-refractivity contribution is -0.127. The maximum Gasteiger partial charge on any atom is 0.237 e. The van der Waals surface area contributed by atoms with Gasteiger partial charge in [0.05, 0.1) is 11.9 Å². The molecule has 18 heavy (non-hydrogen) atoms. The third-order valence-corrected chi connectivity index (χ3v) is 4.50. The summed E-state index contributed by atoms with van der Waals surface area (Å²) in [5.41, 5.74) is 5.34. The van der Waals surface area contributed by atoms with Crippen molar-refractivity contribution < 1.29 is 17.9 Å². The quantitative estimate of drug-likeness (QED) is 0.671. The molecular formula is C11H22N2O4S. The topological polar surface area (TPSA) is 89.7 Å². The van der Waals surface area contributed by atoms with Gasteiger partial charge in [0.2, 0.25) is 5.91 Å². The van der Waals surface area contributed by atoms with Crippen molar-refractivity contribution in [2.24, 2.45) is 5.73 Å². The molecule has 0 aromatic rings. The number of ether oxygens (including phenoxy) is 1. The van der Waals surface area contributed by atoms with Crippen LogP contribution in [-0.2, 0) is 19.4 Å². The van der Waals surface area contributed by atoms with E-state index in [1.54, 1.807) is 7.05 Å². The van der Waals surface area contributed by atoms with Gasteiger partial charge >= 0.3 is 0 Å². The summed E-state index contributed by atoms with van der Waals surface area (Å²) >= 11 is 0. The Kier molecular flexibility index (Phi) is 6.04. The highest BCUT2D eigenvalue weighted by atomic mass is 32.2. The average Bonchev–Trinajstić information content (AvgIpc) is 2.76. The Bertz CT molecular complexity index is 363. The molecule has 1 aliphatic rings. The summed E-state index contributed by atoms with van der Waals surface area (Å²) in [6.07, 6.45) is 2.09. The van der Waals surface area contributed by atoms with Crippen molar-refractivity contribution in [1.29, 1.82) is 0 Å². The molecule has 1 atom stereocenters. The second-order valence-electron chi connectivity index (χ2n) is 4.65. The predicted molar refractivity (Wildman–Crippen MR) is 68.9 cm³/mol. The van der Waals surface area contributed by atoms with Gasteiger partial charge < -0.3 is 15.4 Å². The van der Waals surface area contributed by atoms with Gasteiger partial charge in [-0.15, -0.1) is 0 Å². The number of amides is 1. The third-order valence-electron chi connectivity index (χ3n) is 2.93. The second kappa shape index (κ2) is 7.06. The van der Waals surface area contributed by atoms with E-state index in [9.17, 15) is 13.2 Å². The number of nitrogens with zero attached hydrogens (tertiary/aromatic N) is 1. The summed E-state index contributed by atoms with van der Waals surface area (Å²) in [5.74, 6) is -0.862. The number of carbonyl (C=O) groups excluding carboxylic acids is 1. The fraction of sp³-hybridized carbons (Fsp3) is 0.909. The Morgan fingerprint density at radius 3 is 2.78 bits per heavy atom. The van der Waals surface area contributed by atoms with E-state index in [1.807, 2.05) is 0 Å². The van der Waals surface area contributed by atoms with Crippen molar-refractivity contribution in [1.82, 2.24) is 4.90 Å². The highest BCUT2D eigenvalue weighted by molar-refractivity contribution is 7.92. The Morgan fingerprint density at radius 1 is 1.50 bits per heavy atom. The molecule has 1 unspecified atom stereocenters. The van der Waals surface area contributed by atoms with Crippen LogP contribution in [0.1, 0.15) is 19.3 Å². The molecule has 0 radical (unpaired) electrons. The Labute approximate surface area is 108 Å². The molecule has 1 amide bonds. The van der Waals surface area contributed by atoms with Gasteiger partial charge in [-0.25, -0.2) is 8.42 Å². The highest BCUT2D eigenvalue weighted by Crippen LogP contribution is 2.14. The van der Waals surface area contributed by atoms with Crippen LogP contribution in [0.5, 0.6) is 0 Å². The van der Waals surface area contributed by atoms with E-state index < -0.39 is 15.6 Å². The molecule has 0 spiro atoms. The van der Waals surface area contributed by atoms with Crippen molar-refractivity contribution in [3.63, 3.8) is 0 Å². The van der Waals surface area contributed by atoms with Crippen LogP contribution in [-0.4, -0.2) is 63.6 Å². The van der Waals surface area contributed by atoms with E-state index >= 15 is 0 Å². The van der Waals surface area contributed by atoms with Gasteiger partial charge in [-0.3, -0.25) is 4.79 Å². The van der Waals surface area contributed by atoms with Crippen molar-refractivity contribution in [2.75, 3.05) is 38.2 Å². The molecule has 6 nitrogen and oxygen atoms in total. The Balaban J connectivity index is 2.41. The number of rotatable bonds is 7. The minimum Gasteiger partial charge on any atom is -0.377 e. The first-order valence-corrected chi connectivity index (χ1v) is 8.03. The Morgan fingerprint density at radius 2 is 2.22 bits per heavy atom. The van der Waals surface area contributed by atoms with E-state index in [4.69, 9.17) is 10.5 Å². The standard InChI is InChI=1S/C11H22N2O4S/c1-13(6-3-5-12)11(14)9-18(15,16)8-10-4-2-7-17-10/h10H,2-9,12H2,1H3. The fourth-order valence-electron chi connectivity index (χ4n) is 1.87. The zero-order valence-electron chi connectivity index (χ0n) is 10.8. The minimum atomic E-state index is -3.38. The van der Waals surface area contributed by atoms with Crippen molar-refractivity contribution in [2.45, 2.75) is 25.4 Å². The summed E-state index contributed by atoms with van der Waals surface area (Å²) in [7, 11) is -1.78. The van der Waals surface area contributed by atoms with Crippen LogP contribution in [0.25, 0.3) is 0 Å². The first kappa shape index (κ1) is 15.4. The van der Waals surface area contributed by atoms with E-state index in [1.165, 1.54) is 4.90 Å². The largest absolute Gasteiger partial charge is 0.377 e. The van der Waals surface area contributed by atoms with E-state index in [0.717, 1.165) is 12.8 Å². The average molecular weight is 278 g/mol. The minimum absolute atomic E-state index is 0.0521. The van der Waals surface area contributed by atoms with Crippen molar-refractivity contribution in [3.8, 4) is 0 Å². The van der Waals surface area contributed by atoms with Gasteiger partial charge in [0.15, 0.2) is 9.84 Å². The molecule has 106 valence electrons. The van der Waals surface area contributed by atoms with Gasteiger partial charge in [-0.1, -0.05) is 0 Å². The lowest BCUT2D eigenvalue weighted by atomic mass is 10.3. The van der Waals surface area contributed by atoms with Gasteiger partial charge in [-0.05, 0) is 25.8 Å². The number of hydrogen-bond donors (Lipinski definition) is 1. The van der Waals surface area contributed by atoms with Crippen LogP contribution in [0.4, 0.5) is 0 Å². The fourth-order valence-corrected chi connectivity index (χ4v) is 3.41. The molecule has 1 aliphatic heterocycles.